The van der Waals surface area contributed by atoms with Gasteiger partial charge in [0.2, 0.25) is 11.8 Å². The summed E-state index contributed by atoms with van der Waals surface area (Å²) in [5, 5.41) is 16.6. The molecule has 4 N–H and O–H groups in total. The van der Waals surface area contributed by atoms with E-state index in [0.717, 1.165) is 32.1 Å². The van der Waals surface area contributed by atoms with Crippen molar-refractivity contribution in [3.63, 3.8) is 0 Å². The number of carbonyl (C=O) groups is 4. The average Bonchev–Trinajstić information content (AvgIpc) is 2.71. The molecule has 1 saturated carbocycles. The minimum atomic E-state index is -1.27. The number of hydrogen-bond acceptors (Lipinski definition) is 4. The van der Waals surface area contributed by atoms with Crippen LogP contribution >= 0.6 is 0 Å². The fourth-order valence-corrected chi connectivity index (χ4v) is 3.63. The fraction of sp³-hybridized carbons (Fsp3) is 0.524. The van der Waals surface area contributed by atoms with Crippen LogP contribution in [0.5, 0.6) is 0 Å². The third-order valence-electron chi connectivity index (χ3n) is 5.14. The molecule has 0 bridgehead atoms. The molecule has 0 aliphatic heterocycles. The second-order valence-electron chi connectivity index (χ2n) is 7.45. The lowest BCUT2D eigenvalue weighted by atomic mass is 9.84. The van der Waals surface area contributed by atoms with Crippen molar-refractivity contribution in [2.24, 2.45) is 5.92 Å². The Kier molecular flexibility index (Phi) is 9.14. The molecule has 2 rings (SSSR count). The number of carboxylic acid groups (broad SMARTS) is 1. The molecule has 1 aromatic rings. The predicted molar refractivity (Wildman–Crippen MR) is 108 cm³/mol. The number of anilines is 1. The van der Waals surface area contributed by atoms with E-state index >= 15 is 0 Å². The van der Waals surface area contributed by atoms with E-state index in [1.54, 1.807) is 24.3 Å². The zero-order chi connectivity index (χ0) is 21.1. The van der Waals surface area contributed by atoms with E-state index < -0.39 is 24.1 Å². The highest BCUT2D eigenvalue weighted by Gasteiger charge is 2.27. The maximum absolute atomic E-state index is 12.6. The van der Waals surface area contributed by atoms with Crippen LogP contribution in [-0.2, 0) is 14.4 Å². The standard InChI is InChI=1S/C21H29N3O5/c25-14-17(11-12-19(26)22-16-9-5-2-6-10-16)23-20(27)18(24-21(28)29)13-15-7-3-1-4-8-15/h2,5-6,9-10,14-15,17-18,24H,1,3-4,7-8,11-13H2,(H,22,26)(H,23,27)(H,28,29)/t17-,18-/m0/s1. The highest BCUT2D eigenvalue weighted by molar-refractivity contribution is 5.91. The first-order chi connectivity index (χ1) is 14.0. The maximum Gasteiger partial charge on any atom is 0.405 e. The first-order valence-electron chi connectivity index (χ1n) is 10.1. The lowest BCUT2D eigenvalue weighted by Gasteiger charge is -2.26. The van der Waals surface area contributed by atoms with Crippen LogP contribution in [0.25, 0.3) is 0 Å². The topological polar surface area (TPSA) is 125 Å². The lowest BCUT2D eigenvalue weighted by Crippen LogP contribution is -2.50. The summed E-state index contributed by atoms with van der Waals surface area (Å²) in [5.41, 5.74) is 0.655. The van der Waals surface area contributed by atoms with Crippen molar-refractivity contribution in [1.29, 1.82) is 0 Å². The predicted octanol–water partition coefficient (Wildman–Crippen LogP) is 2.70. The molecule has 0 spiro atoms. The largest absolute Gasteiger partial charge is 0.465 e. The smallest absolute Gasteiger partial charge is 0.405 e. The molecular weight excluding hydrogens is 374 g/mol. The van der Waals surface area contributed by atoms with Gasteiger partial charge in [-0.05, 0) is 30.9 Å². The summed E-state index contributed by atoms with van der Waals surface area (Å²) in [6.45, 7) is 0. The maximum atomic E-state index is 12.6. The number of nitrogens with one attached hydrogen (secondary N) is 3. The Balaban J connectivity index is 1.85. The average molecular weight is 403 g/mol. The Morgan fingerprint density at radius 2 is 1.76 bits per heavy atom. The Hall–Kier alpha value is -2.90. The summed E-state index contributed by atoms with van der Waals surface area (Å²) in [6, 6.07) is 7.18. The van der Waals surface area contributed by atoms with Gasteiger partial charge in [-0.3, -0.25) is 9.59 Å². The number of carbonyl (C=O) groups excluding carboxylic acids is 3. The summed E-state index contributed by atoms with van der Waals surface area (Å²) in [4.78, 5) is 47.0. The van der Waals surface area contributed by atoms with E-state index in [-0.39, 0.29) is 24.7 Å². The summed E-state index contributed by atoms with van der Waals surface area (Å²) in [5.74, 6) is -0.504. The van der Waals surface area contributed by atoms with Gasteiger partial charge in [0.15, 0.2) is 0 Å². The van der Waals surface area contributed by atoms with Gasteiger partial charge in [-0.2, -0.15) is 0 Å². The molecule has 8 heteroatoms. The van der Waals surface area contributed by atoms with Crippen molar-refractivity contribution in [3.8, 4) is 0 Å². The monoisotopic (exact) mass is 403 g/mol. The van der Waals surface area contributed by atoms with E-state index in [9.17, 15) is 19.2 Å². The van der Waals surface area contributed by atoms with Gasteiger partial charge in [-0.15, -0.1) is 0 Å². The van der Waals surface area contributed by atoms with Crippen molar-refractivity contribution in [1.82, 2.24) is 10.6 Å². The van der Waals surface area contributed by atoms with Crippen LogP contribution < -0.4 is 16.0 Å². The molecule has 1 aliphatic carbocycles. The molecule has 8 nitrogen and oxygen atoms in total. The van der Waals surface area contributed by atoms with Crippen molar-refractivity contribution in [2.75, 3.05) is 5.32 Å². The quantitative estimate of drug-likeness (QED) is 0.447. The fourth-order valence-electron chi connectivity index (χ4n) is 3.63. The second kappa shape index (κ2) is 11.8. The van der Waals surface area contributed by atoms with Gasteiger partial charge in [0, 0.05) is 12.1 Å². The van der Waals surface area contributed by atoms with E-state index in [2.05, 4.69) is 16.0 Å². The van der Waals surface area contributed by atoms with E-state index in [1.807, 2.05) is 6.07 Å². The van der Waals surface area contributed by atoms with Gasteiger partial charge in [0.05, 0.1) is 6.04 Å². The van der Waals surface area contributed by atoms with E-state index in [0.29, 0.717) is 18.4 Å². The van der Waals surface area contributed by atoms with Crippen LogP contribution in [0.3, 0.4) is 0 Å². The van der Waals surface area contributed by atoms with Gasteiger partial charge in [-0.1, -0.05) is 50.3 Å². The molecule has 0 radical (unpaired) electrons. The number of para-hydroxylation sites is 1. The zero-order valence-electron chi connectivity index (χ0n) is 16.4. The van der Waals surface area contributed by atoms with Crippen molar-refractivity contribution >= 4 is 29.9 Å². The van der Waals surface area contributed by atoms with Gasteiger partial charge in [-0.25, -0.2) is 4.79 Å². The molecule has 0 saturated heterocycles. The normalized spacial score (nSPS) is 16.3. The van der Waals surface area contributed by atoms with Crippen LogP contribution in [0, 0.1) is 5.92 Å². The molecule has 1 fully saturated rings. The third kappa shape index (κ3) is 8.33. The Bertz CT molecular complexity index is 689. The summed E-state index contributed by atoms with van der Waals surface area (Å²) >= 11 is 0. The third-order valence-corrected chi connectivity index (χ3v) is 5.14. The number of hydrogen-bond donors (Lipinski definition) is 4. The molecule has 0 heterocycles. The van der Waals surface area contributed by atoms with Crippen LogP contribution in [0.4, 0.5) is 10.5 Å². The Morgan fingerprint density at radius 3 is 2.38 bits per heavy atom. The number of benzene rings is 1. The van der Waals surface area contributed by atoms with E-state index in [4.69, 9.17) is 5.11 Å². The molecule has 29 heavy (non-hydrogen) atoms. The molecule has 2 atom stereocenters. The molecule has 0 unspecified atom stereocenters. The number of aldehydes is 1. The second-order valence-corrected chi connectivity index (χ2v) is 7.45. The lowest BCUT2D eigenvalue weighted by molar-refractivity contribution is -0.126. The van der Waals surface area contributed by atoms with Gasteiger partial charge in [0.1, 0.15) is 12.3 Å². The van der Waals surface area contributed by atoms with Gasteiger partial charge >= 0.3 is 6.09 Å². The van der Waals surface area contributed by atoms with Crippen LogP contribution in [0.2, 0.25) is 0 Å². The van der Waals surface area contributed by atoms with E-state index in [1.165, 1.54) is 0 Å². The van der Waals surface area contributed by atoms with Gasteiger partial charge < -0.3 is 25.9 Å². The minimum absolute atomic E-state index is 0.0538. The van der Waals surface area contributed by atoms with Crippen LogP contribution in [-0.4, -0.2) is 41.4 Å². The first kappa shape index (κ1) is 22.4. The molecule has 158 valence electrons. The van der Waals surface area contributed by atoms with Crippen molar-refractivity contribution in [3.05, 3.63) is 30.3 Å². The summed E-state index contributed by atoms with van der Waals surface area (Å²) in [7, 11) is 0. The van der Waals surface area contributed by atoms with Crippen LogP contribution in [0.15, 0.2) is 30.3 Å². The van der Waals surface area contributed by atoms with Crippen molar-refractivity contribution in [2.45, 2.75) is 63.5 Å². The highest BCUT2D eigenvalue weighted by atomic mass is 16.4. The van der Waals surface area contributed by atoms with Gasteiger partial charge in [0.25, 0.3) is 0 Å². The molecule has 0 aromatic heterocycles. The SMILES string of the molecule is O=C[C@H](CCC(=O)Nc1ccccc1)NC(=O)[C@H](CC1CCCCC1)NC(=O)O. The Labute approximate surface area is 170 Å². The minimum Gasteiger partial charge on any atom is -0.465 e. The molecule has 1 aromatic carbocycles. The zero-order valence-corrected chi connectivity index (χ0v) is 16.4. The number of rotatable bonds is 10. The number of amides is 3. The summed E-state index contributed by atoms with van der Waals surface area (Å²) in [6.07, 6.45) is 5.19. The Morgan fingerprint density at radius 1 is 1.07 bits per heavy atom. The van der Waals surface area contributed by atoms with Crippen LogP contribution in [0.1, 0.15) is 51.4 Å². The molecular formula is C21H29N3O5. The first-order valence-corrected chi connectivity index (χ1v) is 10.1. The summed E-state index contributed by atoms with van der Waals surface area (Å²) < 4.78 is 0. The highest BCUT2D eigenvalue weighted by Crippen LogP contribution is 2.27. The molecule has 1 aliphatic rings. The van der Waals surface area contributed by atoms with Crippen molar-refractivity contribution < 1.29 is 24.3 Å². The molecule has 3 amide bonds.